The van der Waals surface area contributed by atoms with Crippen molar-refractivity contribution < 1.29 is 14.3 Å². The largest absolute Gasteiger partial charge is 0.490 e. The standard InChI is InChI=1S/C24H22N4O3/c1-17-11-12-19(16-20(17)27-23(29)18-8-3-2-4-9-18)24(30)28-22-21(10-7-14-26-22)31-15-6-5-13-25/h2-4,7-12,14,16H,5-6,15H2,1H3,(H,27,29)(H,26,28,30). The number of rotatable bonds is 8. The number of pyridine rings is 1. The van der Waals surface area contributed by atoms with Crippen LogP contribution in [0.15, 0.2) is 66.9 Å². The third kappa shape index (κ3) is 5.90. The van der Waals surface area contributed by atoms with Crippen LogP contribution < -0.4 is 15.4 Å². The van der Waals surface area contributed by atoms with Crippen LogP contribution in [0, 0.1) is 18.3 Å². The number of carbonyl (C=O) groups excluding carboxylic acids is 2. The van der Waals surface area contributed by atoms with E-state index in [1.54, 1.807) is 60.8 Å². The molecule has 0 unspecified atom stereocenters. The number of unbranched alkanes of at least 4 members (excludes halogenated alkanes) is 1. The number of nitriles is 1. The molecule has 3 aromatic rings. The molecule has 7 nitrogen and oxygen atoms in total. The van der Waals surface area contributed by atoms with Crippen molar-refractivity contribution >= 4 is 23.3 Å². The number of hydrogen-bond donors (Lipinski definition) is 2. The van der Waals surface area contributed by atoms with Crippen LogP contribution in [0.4, 0.5) is 11.5 Å². The summed E-state index contributed by atoms with van der Waals surface area (Å²) in [6.07, 6.45) is 2.53. The van der Waals surface area contributed by atoms with Crippen molar-refractivity contribution in [2.75, 3.05) is 17.2 Å². The van der Waals surface area contributed by atoms with Gasteiger partial charge in [-0.2, -0.15) is 5.26 Å². The molecule has 2 N–H and O–H groups in total. The predicted molar refractivity (Wildman–Crippen MR) is 118 cm³/mol. The lowest BCUT2D eigenvalue weighted by Gasteiger charge is -2.13. The fraction of sp³-hybridized carbons (Fsp3) is 0.167. The third-order valence-corrected chi connectivity index (χ3v) is 4.48. The van der Waals surface area contributed by atoms with Gasteiger partial charge in [0.15, 0.2) is 11.6 Å². The lowest BCUT2D eigenvalue weighted by atomic mass is 10.1. The van der Waals surface area contributed by atoms with Crippen molar-refractivity contribution in [3.05, 3.63) is 83.6 Å². The van der Waals surface area contributed by atoms with Crippen molar-refractivity contribution in [2.24, 2.45) is 0 Å². The molecule has 0 aliphatic carbocycles. The first kappa shape index (κ1) is 21.5. The second-order valence-electron chi connectivity index (χ2n) is 6.76. The Bertz CT molecular complexity index is 1110. The van der Waals surface area contributed by atoms with Gasteiger partial charge in [-0.3, -0.25) is 9.59 Å². The summed E-state index contributed by atoms with van der Waals surface area (Å²) in [7, 11) is 0. The van der Waals surface area contributed by atoms with Gasteiger partial charge in [-0.05, 0) is 55.3 Å². The summed E-state index contributed by atoms with van der Waals surface area (Å²) in [5, 5.41) is 14.2. The second-order valence-corrected chi connectivity index (χ2v) is 6.76. The number of carbonyl (C=O) groups is 2. The summed E-state index contributed by atoms with van der Waals surface area (Å²) in [6.45, 7) is 2.20. The van der Waals surface area contributed by atoms with Crippen molar-refractivity contribution in [3.8, 4) is 11.8 Å². The molecule has 2 aromatic carbocycles. The zero-order valence-corrected chi connectivity index (χ0v) is 17.1. The molecule has 0 saturated carbocycles. The van der Waals surface area contributed by atoms with Gasteiger partial charge in [0.25, 0.3) is 11.8 Å². The molecule has 0 aliphatic heterocycles. The molecule has 0 bridgehead atoms. The highest BCUT2D eigenvalue weighted by Gasteiger charge is 2.14. The lowest BCUT2D eigenvalue weighted by Crippen LogP contribution is -2.16. The molecular formula is C24H22N4O3. The fourth-order valence-corrected chi connectivity index (χ4v) is 2.80. The first-order valence-electron chi connectivity index (χ1n) is 9.81. The molecule has 0 aliphatic rings. The monoisotopic (exact) mass is 414 g/mol. The minimum atomic E-state index is -0.379. The molecule has 1 heterocycles. The lowest BCUT2D eigenvalue weighted by molar-refractivity contribution is 0.101. The van der Waals surface area contributed by atoms with Gasteiger partial charge in [0.1, 0.15) is 0 Å². The van der Waals surface area contributed by atoms with Gasteiger partial charge < -0.3 is 15.4 Å². The molecule has 1 aromatic heterocycles. The number of benzene rings is 2. The first-order chi connectivity index (χ1) is 15.1. The highest BCUT2D eigenvalue weighted by atomic mass is 16.5. The van der Waals surface area contributed by atoms with Crippen LogP contribution in [-0.4, -0.2) is 23.4 Å². The maximum Gasteiger partial charge on any atom is 0.256 e. The number of hydrogen-bond acceptors (Lipinski definition) is 5. The van der Waals surface area contributed by atoms with Gasteiger partial charge >= 0.3 is 0 Å². The quantitative estimate of drug-likeness (QED) is 0.525. The number of amides is 2. The Labute approximate surface area is 180 Å². The van der Waals surface area contributed by atoms with Gasteiger partial charge in [-0.1, -0.05) is 24.3 Å². The normalized spacial score (nSPS) is 10.1. The first-order valence-corrected chi connectivity index (χ1v) is 9.81. The highest BCUT2D eigenvalue weighted by molar-refractivity contribution is 6.07. The van der Waals surface area contributed by atoms with Crippen LogP contribution in [0.5, 0.6) is 5.75 Å². The Balaban J connectivity index is 1.72. The summed E-state index contributed by atoms with van der Waals surface area (Å²) in [5.74, 6) is 0.0910. The maximum atomic E-state index is 12.8. The van der Waals surface area contributed by atoms with E-state index in [1.165, 1.54) is 0 Å². The highest BCUT2D eigenvalue weighted by Crippen LogP contribution is 2.23. The van der Waals surface area contributed by atoms with E-state index < -0.39 is 0 Å². The van der Waals surface area contributed by atoms with Crippen LogP contribution in [0.2, 0.25) is 0 Å². The molecule has 2 amide bonds. The summed E-state index contributed by atoms with van der Waals surface area (Å²) in [6, 6.07) is 19.4. The Kier molecular flexibility index (Phi) is 7.33. The smallest absolute Gasteiger partial charge is 0.256 e. The topological polar surface area (TPSA) is 104 Å². The molecule has 31 heavy (non-hydrogen) atoms. The van der Waals surface area contributed by atoms with Gasteiger partial charge in [-0.15, -0.1) is 0 Å². The van der Waals surface area contributed by atoms with Crippen LogP contribution in [0.25, 0.3) is 0 Å². The Morgan fingerprint density at radius 1 is 1.00 bits per heavy atom. The molecule has 0 saturated heterocycles. The summed E-state index contributed by atoms with van der Waals surface area (Å²) in [5.41, 5.74) is 2.29. The Morgan fingerprint density at radius 2 is 1.77 bits per heavy atom. The van der Waals surface area contributed by atoms with Crippen LogP contribution in [0.1, 0.15) is 39.1 Å². The average molecular weight is 414 g/mol. The van der Waals surface area contributed by atoms with Gasteiger partial charge in [-0.25, -0.2) is 4.98 Å². The van der Waals surface area contributed by atoms with Crippen molar-refractivity contribution in [1.29, 1.82) is 5.26 Å². The van der Waals surface area contributed by atoms with E-state index in [1.807, 2.05) is 13.0 Å². The van der Waals surface area contributed by atoms with Crippen molar-refractivity contribution in [1.82, 2.24) is 4.98 Å². The molecular weight excluding hydrogens is 392 g/mol. The molecule has 0 fully saturated rings. The number of nitrogens with zero attached hydrogens (tertiary/aromatic N) is 2. The van der Waals surface area contributed by atoms with Gasteiger partial charge in [0.2, 0.25) is 0 Å². The van der Waals surface area contributed by atoms with Gasteiger partial charge in [0, 0.05) is 29.4 Å². The van der Waals surface area contributed by atoms with E-state index in [2.05, 4.69) is 21.7 Å². The van der Waals surface area contributed by atoms with E-state index in [0.717, 1.165) is 5.56 Å². The Morgan fingerprint density at radius 3 is 2.55 bits per heavy atom. The number of anilines is 2. The zero-order valence-electron chi connectivity index (χ0n) is 17.1. The average Bonchev–Trinajstić information content (AvgIpc) is 2.79. The molecule has 0 spiro atoms. The van der Waals surface area contributed by atoms with E-state index in [9.17, 15) is 9.59 Å². The SMILES string of the molecule is Cc1ccc(C(=O)Nc2ncccc2OCCCC#N)cc1NC(=O)c1ccccc1. The number of aryl methyl sites for hydroxylation is 1. The molecule has 3 rings (SSSR count). The summed E-state index contributed by atoms with van der Waals surface area (Å²) >= 11 is 0. The zero-order chi connectivity index (χ0) is 22.1. The van der Waals surface area contributed by atoms with E-state index in [4.69, 9.17) is 10.00 Å². The summed E-state index contributed by atoms with van der Waals surface area (Å²) < 4.78 is 5.64. The van der Waals surface area contributed by atoms with E-state index >= 15 is 0 Å². The third-order valence-electron chi connectivity index (χ3n) is 4.48. The minimum Gasteiger partial charge on any atom is -0.490 e. The number of nitrogens with one attached hydrogen (secondary N) is 2. The predicted octanol–water partition coefficient (Wildman–Crippen LogP) is 4.58. The van der Waals surface area contributed by atoms with Gasteiger partial charge in [0.05, 0.1) is 12.7 Å². The maximum absolute atomic E-state index is 12.8. The summed E-state index contributed by atoms with van der Waals surface area (Å²) in [4.78, 5) is 29.5. The van der Waals surface area contributed by atoms with Crippen molar-refractivity contribution in [3.63, 3.8) is 0 Å². The molecule has 0 atom stereocenters. The minimum absolute atomic E-state index is 0.251. The molecule has 156 valence electrons. The van der Waals surface area contributed by atoms with E-state index in [0.29, 0.717) is 47.8 Å². The van der Waals surface area contributed by atoms with Crippen LogP contribution >= 0.6 is 0 Å². The number of aromatic nitrogens is 1. The van der Waals surface area contributed by atoms with Crippen molar-refractivity contribution in [2.45, 2.75) is 19.8 Å². The van der Waals surface area contributed by atoms with E-state index in [-0.39, 0.29) is 11.8 Å². The van der Waals surface area contributed by atoms with Crippen LogP contribution in [-0.2, 0) is 0 Å². The molecule has 0 radical (unpaired) electrons. The Hall–Kier alpha value is -4.18. The fourth-order valence-electron chi connectivity index (χ4n) is 2.80. The molecule has 7 heteroatoms. The van der Waals surface area contributed by atoms with Crippen LogP contribution in [0.3, 0.4) is 0 Å². The second kappa shape index (κ2) is 10.6. The number of ether oxygens (including phenoxy) is 1.